The molecule has 0 saturated heterocycles. The van der Waals surface area contributed by atoms with E-state index in [1.807, 2.05) is 0 Å². The Kier molecular flexibility index (Phi) is 12.0. The summed E-state index contributed by atoms with van der Waals surface area (Å²) >= 11 is 0. The lowest BCUT2D eigenvalue weighted by Crippen LogP contribution is -2.01. The van der Waals surface area contributed by atoms with E-state index >= 15 is 0 Å². The normalized spacial score (nSPS) is 13.0. The molecule has 0 spiro atoms. The van der Waals surface area contributed by atoms with Gasteiger partial charge in [-0.25, -0.2) is 0 Å². The van der Waals surface area contributed by atoms with Crippen molar-refractivity contribution in [1.29, 1.82) is 0 Å². The molecule has 0 saturated carbocycles. The molecule has 0 heterocycles. The van der Waals surface area contributed by atoms with Crippen LogP contribution in [-0.2, 0) is 0 Å². The van der Waals surface area contributed by atoms with Crippen molar-refractivity contribution in [3.05, 3.63) is 0 Å². The first-order valence-electron chi connectivity index (χ1n) is 7.05. The summed E-state index contributed by atoms with van der Waals surface area (Å²) in [5.74, 6) is 1.01. The van der Waals surface area contributed by atoms with Crippen molar-refractivity contribution in [2.45, 2.75) is 78.1 Å². The van der Waals surface area contributed by atoms with E-state index < -0.39 is 0 Å². The van der Waals surface area contributed by atoms with Crippen LogP contribution in [0.15, 0.2) is 0 Å². The summed E-state index contributed by atoms with van der Waals surface area (Å²) in [5, 5.41) is 0. The van der Waals surface area contributed by atoms with Gasteiger partial charge in [-0.05, 0) is 18.9 Å². The van der Waals surface area contributed by atoms with Crippen molar-refractivity contribution < 1.29 is 0 Å². The number of unbranched alkanes of at least 4 members (excludes halogenated alkanes) is 4. The van der Waals surface area contributed by atoms with E-state index in [1.54, 1.807) is 0 Å². The number of nitrogens with two attached hydrogens (primary N) is 1. The Labute approximate surface area is 96.8 Å². The van der Waals surface area contributed by atoms with Gasteiger partial charge in [0.05, 0.1) is 0 Å². The molecular formula is C14H31N. The van der Waals surface area contributed by atoms with E-state index in [0.29, 0.717) is 0 Å². The molecular weight excluding hydrogens is 182 g/mol. The molecule has 0 fully saturated rings. The molecule has 0 aromatic heterocycles. The van der Waals surface area contributed by atoms with Gasteiger partial charge in [0.2, 0.25) is 0 Å². The van der Waals surface area contributed by atoms with Crippen LogP contribution in [0.2, 0.25) is 0 Å². The summed E-state index contributed by atoms with van der Waals surface area (Å²) in [6.07, 6.45) is 13.9. The zero-order valence-corrected chi connectivity index (χ0v) is 10.9. The molecule has 92 valence electrons. The maximum atomic E-state index is 5.48. The Morgan fingerprint density at radius 1 is 0.733 bits per heavy atom. The topological polar surface area (TPSA) is 26.0 Å². The first-order valence-corrected chi connectivity index (χ1v) is 7.05. The Balaban J connectivity index is 3.38. The molecule has 2 N–H and O–H groups in total. The molecule has 0 aromatic rings. The predicted octanol–water partition coefficient (Wildman–Crippen LogP) is 4.50. The SMILES string of the molecule is CCCCC(CCC)CCCCCCN. The van der Waals surface area contributed by atoms with Gasteiger partial charge in [0.25, 0.3) is 0 Å². The van der Waals surface area contributed by atoms with E-state index in [2.05, 4.69) is 13.8 Å². The Morgan fingerprint density at radius 2 is 1.40 bits per heavy atom. The number of hydrogen-bond acceptors (Lipinski definition) is 1. The van der Waals surface area contributed by atoms with Gasteiger partial charge in [0, 0.05) is 0 Å². The Bertz CT molecular complexity index is 112. The van der Waals surface area contributed by atoms with E-state index in [-0.39, 0.29) is 0 Å². The van der Waals surface area contributed by atoms with Gasteiger partial charge in [-0.2, -0.15) is 0 Å². The lowest BCUT2D eigenvalue weighted by atomic mass is 9.91. The quantitative estimate of drug-likeness (QED) is 0.502. The molecule has 0 bridgehead atoms. The maximum absolute atomic E-state index is 5.48. The largest absolute Gasteiger partial charge is 0.330 e. The molecule has 1 heteroatoms. The maximum Gasteiger partial charge on any atom is -0.00773 e. The third-order valence-electron chi connectivity index (χ3n) is 3.23. The van der Waals surface area contributed by atoms with Crippen molar-refractivity contribution in [1.82, 2.24) is 0 Å². The van der Waals surface area contributed by atoms with Gasteiger partial charge < -0.3 is 5.73 Å². The van der Waals surface area contributed by atoms with Crippen LogP contribution in [0.5, 0.6) is 0 Å². The van der Waals surface area contributed by atoms with Crippen molar-refractivity contribution >= 4 is 0 Å². The highest BCUT2D eigenvalue weighted by molar-refractivity contribution is 4.59. The highest BCUT2D eigenvalue weighted by Gasteiger charge is 2.06. The molecule has 0 amide bonds. The minimum absolute atomic E-state index is 0.869. The van der Waals surface area contributed by atoms with Gasteiger partial charge in [-0.1, -0.05) is 71.6 Å². The summed E-state index contributed by atoms with van der Waals surface area (Å²) in [5.41, 5.74) is 5.48. The lowest BCUT2D eigenvalue weighted by molar-refractivity contribution is 0.384. The Hall–Kier alpha value is -0.0400. The third-order valence-corrected chi connectivity index (χ3v) is 3.23. The molecule has 1 atom stereocenters. The first kappa shape index (κ1) is 15.0. The number of rotatable bonds is 11. The monoisotopic (exact) mass is 213 g/mol. The average molecular weight is 213 g/mol. The van der Waals surface area contributed by atoms with Gasteiger partial charge in [-0.3, -0.25) is 0 Å². The molecule has 0 aliphatic rings. The van der Waals surface area contributed by atoms with Gasteiger partial charge in [0.1, 0.15) is 0 Å². The molecule has 0 radical (unpaired) electrons. The highest BCUT2D eigenvalue weighted by Crippen LogP contribution is 2.21. The third kappa shape index (κ3) is 10.2. The van der Waals surface area contributed by atoms with Crippen LogP contribution in [0.1, 0.15) is 78.1 Å². The van der Waals surface area contributed by atoms with Crippen LogP contribution in [0, 0.1) is 5.92 Å². The van der Waals surface area contributed by atoms with Gasteiger partial charge >= 0.3 is 0 Å². The summed E-state index contributed by atoms with van der Waals surface area (Å²) in [6.45, 7) is 5.48. The highest BCUT2D eigenvalue weighted by atomic mass is 14.5. The summed E-state index contributed by atoms with van der Waals surface area (Å²) in [7, 11) is 0. The van der Waals surface area contributed by atoms with Crippen LogP contribution < -0.4 is 5.73 Å². The molecule has 0 aliphatic heterocycles. The molecule has 1 unspecified atom stereocenters. The average Bonchev–Trinajstić information content (AvgIpc) is 2.25. The fourth-order valence-electron chi connectivity index (χ4n) is 2.26. The van der Waals surface area contributed by atoms with E-state index in [9.17, 15) is 0 Å². The minimum Gasteiger partial charge on any atom is -0.330 e. The lowest BCUT2D eigenvalue weighted by Gasteiger charge is -2.15. The second-order valence-corrected chi connectivity index (χ2v) is 4.79. The van der Waals surface area contributed by atoms with Crippen molar-refractivity contribution in [3.8, 4) is 0 Å². The van der Waals surface area contributed by atoms with Crippen molar-refractivity contribution in [2.75, 3.05) is 6.54 Å². The van der Waals surface area contributed by atoms with E-state index in [1.165, 1.54) is 64.2 Å². The molecule has 0 aliphatic carbocycles. The molecule has 1 nitrogen and oxygen atoms in total. The van der Waals surface area contributed by atoms with Crippen LogP contribution in [0.25, 0.3) is 0 Å². The molecule has 0 aromatic carbocycles. The second-order valence-electron chi connectivity index (χ2n) is 4.79. The predicted molar refractivity (Wildman–Crippen MR) is 70.1 cm³/mol. The van der Waals surface area contributed by atoms with E-state index in [4.69, 9.17) is 5.73 Å². The molecule has 15 heavy (non-hydrogen) atoms. The Morgan fingerprint density at radius 3 is 2.00 bits per heavy atom. The second kappa shape index (κ2) is 12.0. The summed E-state index contributed by atoms with van der Waals surface area (Å²) in [6, 6.07) is 0. The molecule has 0 rings (SSSR count). The van der Waals surface area contributed by atoms with Crippen molar-refractivity contribution in [3.63, 3.8) is 0 Å². The fraction of sp³-hybridized carbons (Fsp3) is 1.00. The van der Waals surface area contributed by atoms with Crippen molar-refractivity contribution in [2.24, 2.45) is 11.7 Å². The summed E-state index contributed by atoms with van der Waals surface area (Å²) < 4.78 is 0. The first-order chi connectivity index (χ1) is 7.35. The fourth-order valence-corrected chi connectivity index (χ4v) is 2.26. The standard InChI is InChI=1S/C14H31N/c1-3-5-11-14(10-4-2)12-8-6-7-9-13-15/h14H,3-13,15H2,1-2H3. The minimum atomic E-state index is 0.869. The van der Waals surface area contributed by atoms with Gasteiger partial charge in [0.15, 0.2) is 0 Å². The van der Waals surface area contributed by atoms with Crippen LogP contribution in [0.3, 0.4) is 0 Å². The zero-order valence-electron chi connectivity index (χ0n) is 10.9. The van der Waals surface area contributed by atoms with Crippen LogP contribution in [-0.4, -0.2) is 6.54 Å². The van der Waals surface area contributed by atoms with Crippen LogP contribution in [0.4, 0.5) is 0 Å². The smallest absolute Gasteiger partial charge is 0.00773 e. The van der Waals surface area contributed by atoms with Gasteiger partial charge in [-0.15, -0.1) is 0 Å². The zero-order chi connectivity index (χ0) is 11.4. The van der Waals surface area contributed by atoms with E-state index in [0.717, 1.165) is 12.5 Å². The summed E-state index contributed by atoms with van der Waals surface area (Å²) in [4.78, 5) is 0. The number of hydrogen-bond donors (Lipinski definition) is 1. The van der Waals surface area contributed by atoms with Crippen LogP contribution >= 0.6 is 0 Å².